The van der Waals surface area contributed by atoms with E-state index in [4.69, 9.17) is 10.5 Å². The quantitative estimate of drug-likeness (QED) is 0.0834. The number of carbonyl (C=O) groups is 4. The fourth-order valence-corrected chi connectivity index (χ4v) is 9.40. The highest BCUT2D eigenvalue weighted by Gasteiger charge is 2.60. The number of esters is 1. The number of ketones is 1. The predicted octanol–water partition coefficient (Wildman–Crippen LogP) is 2.76. The van der Waals surface area contributed by atoms with Gasteiger partial charge in [0.2, 0.25) is 5.91 Å². The van der Waals surface area contributed by atoms with Crippen molar-refractivity contribution < 1.29 is 42.9 Å². The normalized spacial score (nSPS) is 27.5. The molecule has 1 aliphatic carbocycles. The Kier molecular flexibility index (Phi) is 7.94. The number of non-ortho nitro benzene ring substituents is 1. The minimum Gasteiger partial charge on any atom is -0.456 e. The number of amides is 2. The first-order valence-electron chi connectivity index (χ1n) is 17.8. The van der Waals surface area contributed by atoms with Crippen molar-refractivity contribution in [3.05, 3.63) is 104 Å². The summed E-state index contributed by atoms with van der Waals surface area (Å²) in [5, 5.41) is 21.5. The van der Waals surface area contributed by atoms with Gasteiger partial charge in [-0.1, -0.05) is 25.1 Å². The van der Waals surface area contributed by atoms with Gasteiger partial charge in [-0.25, -0.2) is 4.79 Å². The minimum absolute atomic E-state index is 0.0582. The topological polar surface area (TPSA) is 170 Å². The lowest BCUT2D eigenvalue weighted by Gasteiger charge is -2.55. The van der Waals surface area contributed by atoms with Crippen LogP contribution in [0.25, 0.3) is 16.7 Å². The summed E-state index contributed by atoms with van der Waals surface area (Å²) in [5.41, 5.74) is 11.3. The Morgan fingerprint density at radius 1 is 0.923 bits per heavy atom. The Morgan fingerprint density at radius 2 is 1.56 bits per heavy atom. The van der Waals surface area contributed by atoms with E-state index in [-0.39, 0.29) is 41.5 Å². The van der Waals surface area contributed by atoms with Gasteiger partial charge in [0, 0.05) is 34.7 Å². The van der Waals surface area contributed by atoms with Crippen LogP contribution in [0, 0.1) is 22.0 Å². The summed E-state index contributed by atoms with van der Waals surface area (Å²) < 4.78 is 7.40. The van der Waals surface area contributed by atoms with E-state index in [1.807, 2.05) is 31.2 Å². The number of hydrogen-bond donors (Lipinski definition) is 2. The number of β-lactam (4-membered cyclic amide) rings is 1. The third kappa shape index (κ3) is 5.33. The SMILES string of the molecule is C[C@@H](O)[C@H]1C(=O)N2C(C(=O)OCc3ccc([N+](=O)[O-])cc3)=C(c3ccc4c(c3)-c3ccc(C[N+]56CC[N+](CC(N)=O)(CC5)CC6)cc3C4=O)[C@H](C)[C@H]12. The molecule has 0 radical (unpaired) electrons. The number of rotatable bonds is 10. The van der Waals surface area contributed by atoms with E-state index in [0.29, 0.717) is 34.4 Å². The molecule has 13 heteroatoms. The Labute approximate surface area is 300 Å². The molecular weight excluding hydrogens is 666 g/mol. The minimum atomic E-state index is -0.913. The zero-order valence-electron chi connectivity index (χ0n) is 29.1. The van der Waals surface area contributed by atoms with Crippen LogP contribution in [0.4, 0.5) is 5.69 Å². The molecule has 6 aliphatic rings. The van der Waals surface area contributed by atoms with E-state index in [1.54, 1.807) is 13.0 Å². The van der Waals surface area contributed by atoms with E-state index in [9.17, 15) is 34.4 Å². The molecule has 3 N–H and O–H groups in total. The molecule has 0 unspecified atom stereocenters. The summed E-state index contributed by atoms with van der Waals surface area (Å²) >= 11 is 0. The molecule has 5 heterocycles. The summed E-state index contributed by atoms with van der Waals surface area (Å²) in [6.45, 7) is 10.2. The molecule has 5 aliphatic heterocycles. The first kappa shape index (κ1) is 33.9. The third-order valence-electron chi connectivity index (χ3n) is 12.2. The molecule has 4 saturated heterocycles. The molecule has 3 aromatic carbocycles. The molecule has 3 aromatic rings. The lowest BCUT2D eigenvalue weighted by molar-refractivity contribution is -1.08. The highest BCUT2D eigenvalue weighted by molar-refractivity contribution is 6.22. The lowest BCUT2D eigenvalue weighted by Crippen LogP contribution is -2.75. The van der Waals surface area contributed by atoms with Gasteiger partial charge >= 0.3 is 5.97 Å². The number of benzene rings is 3. The van der Waals surface area contributed by atoms with E-state index in [0.717, 1.165) is 71.5 Å². The van der Waals surface area contributed by atoms with Crippen molar-refractivity contribution in [2.75, 3.05) is 45.8 Å². The van der Waals surface area contributed by atoms with Crippen molar-refractivity contribution in [3.63, 3.8) is 0 Å². The summed E-state index contributed by atoms with van der Waals surface area (Å²) in [6, 6.07) is 16.9. The van der Waals surface area contributed by atoms with Gasteiger partial charge in [-0.05, 0) is 65.1 Å². The molecule has 2 amide bonds. The molecule has 4 atom stereocenters. The Morgan fingerprint density at radius 3 is 2.19 bits per heavy atom. The second-order valence-corrected chi connectivity index (χ2v) is 15.3. The lowest BCUT2D eigenvalue weighted by atomic mass is 9.76. The maximum atomic E-state index is 13.8. The van der Waals surface area contributed by atoms with Crippen molar-refractivity contribution in [2.24, 2.45) is 17.6 Å². The summed E-state index contributed by atoms with van der Waals surface area (Å²) in [6.07, 6.45) is -0.913. The van der Waals surface area contributed by atoms with Gasteiger partial charge in [0.25, 0.3) is 11.6 Å². The standard InChI is InChI=1S/C39H40N5O8/c1-22-33(36(41-35(22)34(23(2)45)38(41)48)39(49)52-21-24-3-7-27(8-4-24)42(50)51)26-6-10-29-30(18-26)28-9-5-25(17-31(28)37(29)47)19-43-11-14-44(15-12-43,16-13-43)20-32(40)46/h3-10,17-18,22-23,34-35,45H,11-16,19-21H2,1-2H3,(H-,40,46)/q+1/p+1/t22-,23+,34+,35+,43?,44?/m0/s1. The maximum absolute atomic E-state index is 13.8. The number of primary amides is 1. The van der Waals surface area contributed by atoms with Crippen LogP contribution >= 0.6 is 0 Å². The predicted molar refractivity (Wildman–Crippen MR) is 188 cm³/mol. The van der Waals surface area contributed by atoms with Crippen LogP contribution in [0.1, 0.15) is 46.5 Å². The summed E-state index contributed by atoms with van der Waals surface area (Å²) in [4.78, 5) is 64.7. The van der Waals surface area contributed by atoms with Crippen LogP contribution in [0.5, 0.6) is 0 Å². The van der Waals surface area contributed by atoms with Crippen molar-refractivity contribution in [1.82, 2.24) is 4.90 Å². The van der Waals surface area contributed by atoms with Crippen molar-refractivity contribution in [1.29, 1.82) is 0 Å². The molecule has 2 bridgehead atoms. The van der Waals surface area contributed by atoms with E-state index < -0.39 is 29.0 Å². The Bertz CT molecular complexity index is 2080. The van der Waals surface area contributed by atoms with E-state index in [1.165, 1.54) is 29.2 Å². The van der Waals surface area contributed by atoms with Crippen LogP contribution in [-0.2, 0) is 32.3 Å². The number of piperazine rings is 3. The second kappa shape index (κ2) is 12.2. The van der Waals surface area contributed by atoms with Gasteiger partial charge in [-0.2, -0.15) is 0 Å². The number of aliphatic hydroxyl groups excluding tert-OH is 1. The first-order valence-corrected chi connectivity index (χ1v) is 17.8. The Balaban J connectivity index is 1.08. The fourth-order valence-electron chi connectivity index (χ4n) is 9.40. The number of carbonyl (C=O) groups excluding carboxylic acids is 4. The number of nitro benzene ring substituents is 1. The Hall–Kier alpha value is -5.24. The van der Waals surface area contributed by atoms with E-state index in [2.05, 4.69) is 6.07 Å². The van der Waals surface area contributed by atoms with E-state index >= 15 is 0 Å². The molecule has 9 rings (SSSR count). The van der Waals surface area contributed by atoms with Gasteiger partial charge in [-0.3, -0.25) is 24.5 Å². The van der Waals surface area contributed by atoms with Gasteiger partial charge in [0.05, 0.1) is 23.0 Å². The van der Waals surface area contributed by atoms with Gasteiger partial charge in [0.15, 0.2) is 12.3 Å². The van der Waals surface area contributed by atoms with Gasteiger partial charge in [0.1, 0.15) is 58.1 Å². The highest BCUT2D eigenvalue weighted by atomic mass is 16.6. The average Bonchev–Trinajstić information content (AvgIpc) is 3.54. The van der Waals surface area contributed by atoms with Gasteiger partial charge < -0.3 is 29.4 Å². The molecular formula is C39H41N5O8+2. The number of fused-ring (bicyclic) bond motifs is 7. The smallest absolute Gasteiger partial charge is 0.355 e. The number of aliphatic hydroxyl groups is 1. The van der Waals surface area contributed by atoms with Crippen LogP contribution in [-0.4, -0.2) is 105 Å². The molecule has 52 heavy (non-hydrogen) atoms. The number of ether oxygens (including phenoxy) is 1. The number of hydrogen-bond acceptors (Lipinski definition) is 8. The van der Waals surface area contributed by atoms with Crippen LogP contribution < -0.4 is 5.73 Å². The number of nitrogens with zero attached hydrogens (tertiary/aromatic N) is 4. The largest absolute Gasteiger partial charge is 0.456 e. The monoisotopic (exact) mass is 707 g/mol. The maximum Gasteiger partial charge on any atom is 0.355 e. The number of nitro groups is 1. The first-order chi connectivity index (χ1) is 24.8. The molecule has 0 aromatic heterocycles. The number of quaternary nitrogens is 2. The van der Waals surface area contributed by atoms with Crippen LogP contribution in [0.3, 0.4) is 0 Å². The zero-order valence-corrected chi connectivity index (χ0v) is 29.1. The molecule has 13 nitrogen and oxygen atoms in total. The number of nitrogens with two attached hydrogens (primary N) is 1. The third-order valence-corrected chi connectivity index (χ3v) is 12.2. The molecule has 268 valence electrons. The van der Waals surface area contributed by atoms with Crippen LogP contribution in [0.2, 0.25) is 0 Å². The van der Waals surface area contributed by atoms with Crippen molar-refractivity contribution in [3.8, 4) is 11.1 Å². The fraction of sp³-hybridized carbons (Fsp3) is 0.385. The van der Waals surface area contributed by atoms with Gasteiger partial charge in [-0.15, -0.1) is 0 Å². The molecule has 4 fully saturated rings. The van der Waals surface area contributed by atoms with Crippen LogP contribution in [0.15, 0.2) is 66.4 Å². The van der Waals surface area contributed by atoms with Crippen molar-refractivity contribution in [2.45, 2.75) is 39.1 Å². The zero-order chi connectivity index (χ0) is 36.7. The molecule has 0 spiro atoms. The highest BCUT2D eigenvalue weighted by Crippen LogP contribution is 2.52. The second-order valence-electron chi connectivity index (χ2n) is 15.3. The van der Waals surface area contributed by atoms with Crippen molar-refractivity contribution >= 4 is 34.8 Å². The summed E-state index contributed by atoms with van der Waals surface area (Å²) in [5.74, 6) is -2.37. The molecule has 0 saturated carbocycles. The average molecular weight is 708 g/mol. The summed E-state index contributed by atoms with van der Waals surface area (Å²) in [7, 11) is 0.